The van der Waals surface area contributed by atoms with Crippen molar-refractivity contribution in [3.63, 3.8) is 0 Å². The van der Waals surface area contributed by atoms with E-state index in [1.54, 1.807) is 7.11 Å². The molecule has 128 valence electrons. The van der Waals surface area contributed by atoms with Crippen LogP contribution in [0.1, 0.15) is 11.1 Å². The first kappa shape index (κ1) is 18.3. The largest absolute Gasteiger partial charge is 0.496 e. The van der Waals surface area contributed by atoms with Crippen LogP contribution >= 0.6 is 11.8 Å². The molecule has 0 atom stereocenters. The Morgan fingerprint density at radius 2 is 1.96 bits per heavy atom. The molecule has 3 nitrogen and oxygen atoms in total. The van der Waals surface area contributed by atoms with Gasteiger partial charge in [0.15, 0.2) is 11.6 Å². The van der Waals surface area contributed by atoms with Gasteiger partial charge in [-0.1, -0.05) is 24.3 Å². The van der Waals surface area contributed by atoms with E-state index >= 15 is 0 Å². The fourth-order valence-corrected chi connectivity index (χ4v) is 2.99. The van der Waals surface area contributed by atoms with Crippen molar-refractivity contribution in [3.05, 3.63) is 65.2 Å². The van der Waals surface area contributed by atoms with E-state index in [-0.39, 0.29) is 11.7 Å². The molecule has 1 N–H and O–H groups in total. The fourth-order valence-electron chi connectivity index (χ4n) is 2.19. The predicted molar refractivity (Wildman–Crippen MR) is 92.2 cm³/mol. The summed E-state index contributed by atoms with van der Waals surface area (Å²) in [5, 5.41) is 2.84. The molecule has 0 heterocycles. The molecule has 0 aliphatic carbocycles. The first-order valence-corrected chi connectivity index (χ1v) is 8.66. The van der Waals surface area contributed by atoms with Crippen molar-refractivity contribution in [1.82, 2.24) is 5.32 Å². The molecule has 24 heavy (non-hydrogen) atoms. The molecule has 0 saturated heterocycles. The lowest BCUT2D eigenvalue weighted by Gasteiger charge is -2.09. The monoisotopic (exact) mass is 351 g/mol. The number of methoxy groups -OCH3 is 1. The molecule has 0 saturated carbocycles. The van der Waals surface area contributed by atoms with Crippen LogP contribution in [0.3, 0.4) is 0 Å². The molecule has 0 aliphatic rings. The minimum atomic E-state index is -0.866. The van der Waals surface area contributed by atoms with Crippen LogP contribution in [0.4, 0.5) is 8.78 Å². The lowest BCUT2D eigenvalue weighted by molar-refractivity contribution is -0.118. The van der Waals surface area contributed by atoms with Gasteiger partial charge in [-0.15, -0.1) is 11.8 Å². The zero-order valence-electron chi connectivity index (χ0n) is 13.4. The summed E-state index contributed by atoms with van der Waals surface area (Å²) in [6.45, 7) is 0.519. The van der Waals surface area contributed by atoms with Crippen LogP contribution in [0, 0.1) is 11.6 Å². The van der Waals surface area contributed by atoms with Crippen LogP contribution in [-0.4, -0.2) is 25.3 Å². The van der Waals surface area contributed by atoms with Gasteiger partial charge in [0.05, 0.1) is 12.9 Å². The molecule has 2 aromatic carbocycles. The minimum absolute atomic E-state index is 0.0857. The zero-order chi connectivity index (χ0) is 17.4. The third-order valence-corrected chi connectivity index (χ3v) is 4.40. The molecule has 0 aromatic heterocycles. The van der Waals surface area contributed by atoms with Crippen molar-refractivity contribution < 1.29 is 18.3 Å². The topological polar surface area (TPSA) is 38.3 Å². The number of thioether (sulfide) groups is 1. The molecule has 0 fully saturated rings. The molecule has 0 aliphatic heterocycles. The van der Waals surface area contributed by atoms with Gasteiger partial charge < -0.3 is 10.1 Å². The van der Waals surface area contributed by atoms with E-state index in [9.17, 15) is 13.6 Å². The van der Waals surface area contributed by atoms with Crippen molar-refractivity contribution in [2.75, 3.05) is 19.4 Å². The van der Waals surface area contributed by atoms with E-state index in [1.807, 2.05) is 24.3 Å². The van der Waals surface area contributed by atoms with Crippen LogP contribution < -0.4 is 10.1 Å². The summed E-state index contributed by atoms with van der Waals surface area (Å²) in [6, 6.07) is 11.4. The van der Waals surface area contributed by atoms with Gasteiger partial charge in [0.1, 0.15) is 5.75 Å². The number of hydrogen-bond donors (Lipinski definition) is 1. The standard InChI is InChI=1S/C18H19F2NO2S/c1-23-17-5-3-2-4-14(17)8-9-21-18(22)12-24-11-13-6-7-15(19)16(20)10-13/h2-7,10H,8-9,11-12H2,1H3,(H,21,22). The van der Waals surface area contributed by atoms with E-state index in [0.717, 1.165) is 23.4 Å². The highest BCUT2D eigenvalue weighted by Gasteiger charge is 2.06. The number of benzene rings is 2. The van der Waals surface area contributed by atoms with Crippen LogP contribution in [0.25, 0.3) is 0 Å². The third kappa shape index (κ3) is 5.53. The highest BCUT2D eigenvalue weighted by atomic mass is 32.2. The average Bonchev–Trinajstić information content (AvgIpc) is 2.58. The first-order chi connectivity index (χ1) is 11.6. The lowest BCUT2D eigenvalue weighted by Crippen LogP contribution is -2.27. The maximum atomic E-state index is 13.1. The normalized spacial score (nSPS) is 10.5. The number of carbonyl (C=O) groups is 1. The van der Waals surface area contributed by atoms with E-state index in [4.69, 9.17) is 4.74 Å². The summed E-state index contributed by atoms with van der Waals surface area (Å²) in [6.07, 6.45) is 0.684. The van der Waals surface area contributed by atoms with Crippen LogP contribution in [0.15, 0.2) is 42.5 Å². The Morgan fingerprint density at radius 3 is 2.71 bits per heavy atom. The third-order valence-electron chi connectivity index (χ3n) is 3.39. The van der Waals surface area contributed by atoms with Gasteiger partial charge in [0.2, 0.25) is 5.91 Å². The number of rotatable bonds is 8. The molecule has 2 rings (SSSR count). The molecule has 1 amide bonds. The number of ether oxygens (including phenoxy) is 1. The van der Waals surface area contributed by atoms with Gasteiger partial charge in [0, 0.05) is 12.3 Å². The maximum absolute atomic E-state index is 13.1. The van der Waals surface area contributed by atoms with Crippen LogP contribution in [0.5, 0.6) is 5.75 Å². The Bertz CT molecular complexity index is 694. The molecular weight excluding hydrogens is 332 g/mol. The van der Waals surface area contributed by atoms with Crippen molar-refractivity contribution in [3.8, 4) is 5.75 Å². The fraction of sp³-hybridized carbons (Fsp3) is 0.278. The van der Waals surface area contributed by atoms with E-state index < -0.39 is 11.6 Å². The Balaban J connectivity index is 1.69. The van der Waals surface area contributed by atoms with Crippen molar-refractivity contribution in [1.29, 1.82) is 0 Å². The summed E-state index contributed by atoms with van der Waals surface area (Å²) in [4.78, 5) is 11.8. The second kappa shape index (κ2) is 9.27. The van der Waals surface area contributed by atoms with Crippen LogP contribution in [0.2, 0.25) is 0 Å². The summed E-state index contributed by atoms with van der Waals surface area (Å²) < 4.78 is 31.2. The Hall–Kier alpha value is -2.08. The Morgan fingerprint density at radius 1 is 1.17 bits per heavy atom. The number of hydrogen-bond acceptors (Lipinski definition) is 3. The maximum Gasteiger partial charge on any atom is 0.230 e. The highest BCUT2D eigenvalue weighted by molar-refractivity contribution is 7.99. The van der Waals surface area contributed by atoms with Crippen molar-refractivity contribution >= 4 is 17.7 Å². The zero-order valence-corrected chi connectivity index (χ0v) is 14.2. The number of para-hydroxylation sites is 1. The lowest BCUT2D eigenvalue weighted by atomic mass is 10.1. The second-order valence-corrected chi connectivity index (χ2v) is 6.14. The van der Waals surface area contributed by atoms with E-state index in [2.05, 4.69) is 5.32 Å². The number of amides is 1. The van der Waals surface area contributed by atoms with Gasteiger partial charge in [-0.2, -0.15) is 0 Å². The second-order valence-electron chi connectivity index (χ2n) is 5.15. The molecule has 0 spiro atoms. The van der Waals surface area contributed by atoms with E-state index in [1.165, 1.54) is 17.8 Å². The Kier molecular flexibility index (Phi) is 7.06. The molecule has 6 heteroatoms. The summed E-state index contributed by atoms with van der Waals surface area (Å²) in [7, 11) is 1.62. The number of nitrogens with one attached hydrogen (secondary N) is 1. The summed E-state index contributed by atoms with van der Waals surface area (Å²) in [5.41, 5.74) is 1.69. The number of halogens is 2. The molecule has 0 radical (unpaired) electrons. The molecule has 0 unspecified atom stereocenters. The van der Waals surface area contributed by atoms with Crippen molar-refractivity contribution in [2.24, 2.45) is 0 Å². The molecular formula is C18H19F2NO2S. The average molecular weight is 351 g/mol. The van der Waals surface area contributed by atoms with Gasteiger partial charge in [-0.05, 0) is 35.7 Å². The Labute approximate surface area is 144 Å². The minimum Gasteiger partial charge on any atom is -0.496 e. The summed E-state index contributed by atoms with van der Waals surface area (Å²) in [5.74, 6) is -0.286. The quantitative estimate of drug-likeness (QED) is 0.790. The van der Waals surface area contributed by atoms with E-state index in [0.29, 0.717) is 24.3 Å². The smallest absolute Gasteiger partial charge is 0.230 e. The van der Waals surface area contributed by atoms with Gasteiger partial charge >= 0.3 is 0 Å². The summed E-state index contributed by atoms with van der Waals surface area (Å²) >= 11 is 1.36. The molecule has 2 aromatic rings. The SMILES string of the molecule is COc1ccccc1CCNC(=O)CSCc1ccc(F)c(F)c1. The van der Waals surface area contributed by atoms with Gasteiger partial charge in [0.25, 0.3) is 0 Å². The van der Waals surface area contributed by atoms with Crippen LogP contribution in [-0.2, 0) is 17.0 Å². The van der Waals surface area contributed by atoms with Gasteiger partial charge in [-0.3, -0.25) is 4.79 Å². The van der Waals surface area contributed by atoms with Gasteiger partial charge in [-0.25, -0.2) is 8.78 Å². The molecule has 0 bridgehead atoms. The van der Waals surface area contributed by atoms with Crippen molar-refractivity contribution in [2.45, 2.75) is 12.2 Å². The highest BCUT2D eigenvalue weighted by Crippen LogP contribution is 2.17. The predicted octanol–water partition coefficient (Wildman–Crippen LogP) is 3.57. The first-order valence-electron chi connectivity index (χ1n) is 7.50. The number of carbonyl (C=O) groups excluding carboxylic acids is 1.